The van der Waals surface area contributed by atoms with Crippen molar-refractivity contribution in [3.63, 3.8) is 0 Å². The predicted molar refractivity (Wildman–Crippen MR) is 102 cm³/mol. The zero-order valence-corrected chi connectivity index (χ0v) is 15.1. The van der Waals surface area contributed by atoms with Crippen molar-refractivity contribution >= 4 is 45.9 Å². The number of benzene rings is 3. The third-order valence-corrected chi connectivity index (χ3v) is 4.40. The third-order valence-electron chi connectivity index (χ3n) is 3.80. The Kier molecular flexibility index (Phi) is 5.02. The topological polar surface area (TPSA) is 51.0 Å². The van der Waals surface area contributed by atoms with Crippen LogP contribution in [0.2, 0.25) is 10.0 Å². The van der Waals surface area contributed by atoms with Gasteiger partial charge in [0.25, 0.3) is 0 Å². The van der Waals surface area contributed by atoms with Crippen LogP contribution in [0.25, 0.3) is 10.8 Å². The summed E-state index contributed by atoms with van der Waals surface area (Å²) >= 11 is 12.0. The average molecular weight is 376 g/mol. The quantitative estimate of drug-likeness (QED) is 0.602. The van der Waals surface area contributed by atoms with Gasteiger partial charge >= 0.3 is 0 Å². The first-order chi connectivity index (χ1) is 12.0. The molecule has 0 aliphatic carbocycles. The molecule has 1 N–H and O–H groups in total. The summed E-state index contributed by atoms with van der Waals surface area (Å²) in [6, 6.07) is 12.4. The molecular weight excluding hydrogens is 361 g/mol. The van der Waals surface area contributed by atoms with Crippen LogP contribution in [0.3, 0.4) is 0 Å². The molecule has 0 atom stereocenters. The number of rotatable bonds is 4. The standard InChI is InChI=1S/C19H15Cl2NO3/c1-24-12-4-5-13-11(3-6-19(25-2)14(13)7-12)10-22-17-8-16(21)18(23)9-15(17)20/h3-10,23H,1-2H3. The molecule has 0 aromatic heterocycles. The molecule has 6 heteroatoms. The van der Waals surface area contributed by atoms with Crippen LogP contribution in [0.1, 0.15) is 5.56 Å². The van der Waals surface area contributed by atoms with Gasteiger partial charge in [0, 0.05) is 23.2 Å². The van der Waals surface area contributed by atoms with E-state index in [1.165, 1.54) is 12.1 Å². The van der Waals surface area contributed by atoms with Crippen LogP contribution in [0.4, 0.5) is 5.69 Å². The van der Waals surface area contributed by atoms with Crippen LogP contribution in [0, 0.1) is 0 Å². The van der Waals surface area contributed by atoms with Gasteiger partial charge in [0.15, 0.2) is 0 Å². The first kappa shape index (κ1) is 17.4. The van der Waals surface area contributed by atoms with Gasteiger partial charge in [-0.2, -0.15) is 0 Å². The second kappa shape index (κ2) is 7.21. The van der Waals surface area contributed by atoms with E-state index in [0.29, 0.717) is 10.7 Å². The van der Waals surface area contributed by atoms with E-state index in [0.717, 1.165) is 27.8 Å². The van der Waals surface area contributed by atoms with Crippen molar-refractivity contribution in [2.45, 2.75) is 0 Å². The Balaban J connectivity index is 2.09. The van der Waals surface area contributed by atoms with Crippen LogP contribution >= 0.6 is 23.2 Å². The fraction of sp³-hybridized carbons (Fsp3) is 0.105. The minimum absolute atomic E-state index is 0.0763. The number of hydrogen-bond donors (Lipinski definition) is 1. The van der Waals surface area contributed by atoms with Gasteiger partial charge in [0.1, 0.15) is 17.2 Å². The number of phenols is 1. The Morgan fingerprint density at radius 1 is 0.920 bits per heavy atom. The Morgan fingerprint density at radius 3 is 2.44 bits per heavy atom. The van der Waals surface area contributed by atoms with Gasteiger partial charge in [-0.15, -0.1) is 0 Å². The first-order valence-electron chi connectivity index (χ1n) is 7.40. The van der Waals surface area contributed by atoms with Gasteiger partial charge in [-0.1, -0.05) is 23.2 Å². The molecule has 128 valence electrons. The second-order valence-electron chi connectivity index (χ2n) is 5.28. The lowest BCUT2D eigenvalue weighted by Crippen LogP contribution is -1.91. The largest absolute Gasteiger partial charge is 0.506 e. The van der Waals surface area contributed by atoms with E-state index < -0.39 is 0 Å². The minimum Gasteiger partial charge on any atom is -0.506 e. The monoisotopic (exact) mass is 375 g/mol. The van der Waals surface area contributed by atoms with Crippen molar-refractivity contribution in [2.75, 3.05) is 14.2 Å². The molecule has 0 radical (unpaired) electrons. The van der Waals surface area contributed by atoms with Crippen LogP contribution in [0.15, 0.2) is 47.5 Å². The summed E-state index contributed by atoms with van der Waals surface area (Å²) in [5, 5.41) is 12.0. The fourth-order valence-electron chi connectivity index (χ4n) is 2.51. The Labute approximate surface area is 155 Å². The van der Waals surface area contributed by atoms with Crippen molar-refractivity contribution in [1.82, 2.24) is 0 Å². The fourth-order valence-corrected chi connectivity index (χ4v) is 2.87. The molecule has 3 aromatic carbocycles. The number of halogens is 2. The molecule has 0 bridgehead atoms. The molecule has 3 rings (SSSR count). The van der Waals surface area contributed by atoms with Gasteiger partial charge in [-0.25, -0.2) is 0 Å². The highest BCUT2D eigenvalue weighted by Gasteiger charge is 2.08. The molecule has 0 fully saturated rings. The lowest BCUT2D eigenvalue weighted by Gasteiger charge is -2.10. The molecule has 3 aromatic rings. The van der Waals surface area contributed by atoms with Gasteiger partial charge in [-0.3, -0.25) is 4.99 Å². The zero-order chi connectivity index (χ0) is 18.0. The summed E-state index contributed by atoms with van der Waals surface area (Å²) in [6.45, 7) is 0. The van der Waals surface area contributed by atoms with Gasteiger partial charge < -0.3 is 14.6 Å². The maximum absolute atomic E-state index is 9.56. The molecule has 0 heterocycles. The molecule has 0 saturated carbocycles. The first-order valence-corrected chi connectivity index (χ1v) is 8.16. The maximum atomic E-state index is 9.56. The van der Waals surface area contributed by atoms with E-state index in [1.54, 1.807) is 20.4 Å². The number of fused-ring (bicyclic) bond motifs is 1. The highest BCUT2D eigenvalue weighted by molar-refractivity contribution is 6.36. The molecule has 0 spiro atoms. The number of aliphatic imine (C=N–C) groups is 1. The van der Waals surface area contributed by atoms with Crippen molar-refractivity contribution in [3.8, 4) is 17.2 Å². The van der Waals surface area contributed by atoms with E-state index in [2.05, 4.69) is 4.99 Å². The van der Waals surface area contributed by atoms with E-state index in [1.807, 2.05) is 30.3 Å². The van der Waals surface area contributed by atoms with Crippen LogP contribution in [-0.4, -0.2) is 25.5 Å². The maximum Gasteiger partial charge on any atom is 0.135 e. The van der Waals surface area contributed by atoms with Gasteiger partial charge in [0.2, 0.25) is 0 Å². The highest BCUT2D eigenvalue weighted by atomic mass is 35.5. The minimum atomic E-state index is -0.0763. The SMILES string of the molecule is COc1ccc2c(C=Nc3cc(Cl)c(O)cc3Cl)ccc(OC)c2c1. The second-order valence-corrected chi connectivity index (χ2v) is 6.10. The summed E-state index contributed by atoms with van der Waals surface area (Å²) in [4.78, 5) is 4.40. The number of hydrogen-bond acceptors (Lipinski definition) is 4. The number of nitrogens with zero attached hydrogens (tertiary/aromatic N) is 1. The summed E-state index contributed by atoms with van der Waals surface area (Å²) < 4.78 is 10.7. The lowest BCUT2D eigenvalue weighted by molar-refractivity contribution is 0.412. The van der Waals surface area contributed by atoms with Crippen molar-refractivity contribution in [3.05, 3.63) is 58.1 Å². The highest BCUT2D eigenvalue weighted by Crippen LogP contribution is 2.35. The summed E-state index contributed by atoms with van der Waals surface area (Å²) in [5.41, 5.74) is 1.36. The summed E-state index contributed by atoms with van der Waals surface area (Å²) in [5.74, 6) is 1.41. The van der Waals surface area contributed by atoms with E-state index in [9.17, 15) is 5.11 Å². The Hall–Kier alpha value is -2.43. The molecule has 0 aliphatic heterocycles. The van der Waals surface area contributed by atoms with Gasteiger partial charge in [-0.05, 0) is 41.8 Å². The smallest absolute Gasteiger partial charge is 0.135 e. The van der Waals surface area contributed by atoms with E-state index in [4.69, 9.17) is 32.7 Å². The molecule has 25 heavy (non-hydrogen) atoms. The Bertz CT molecular complexity index is 971. The Morgan fingerprint density at radius 2 is 1.72 bits per heavy atom. The van der Waals surface area contributed by atoms with Crippen LogP contribution < -0.4 is 9.47 Å². The van der Waals surface area contributed by atoms with Crippen LogP contribution in [-0.2, 0) is 0 Å². The number of methoxy groups -OCH3 is 2. The molecule has 0 unspecified atom stereocenters. The molecule has 0 aliphatic rings. The zero-order valence-electron chi connectivity index (χ0n) is 13.6. The van der Waals surface area contributed by atoms with Crippen molar-refractivity contribution < 1.29 is 14.6 Å². The molecule has 0 amide bonds. The van der Waals surface area contributed by atoms with Crippen molar-refractivity contribution in [1.29, 1.82) is 0 Å². The van der Waals surface area contributed by atoms with Gasteiger partial charge in [0.05, 0.1) is 30.0 Å². The van der Waals surface area contributed by atoms with E-state index in [-0.39, 0.29) is 10.8 Å². The normalized spacial score (nSPS) is 11.2. The number of aromatic hydroxyl groups is 1. The average Bonchev–Trinajstić information content (AvgIpc) is 2.62. The molecule has 0 saturated heterocycles. The number of ether oxygens (including phenoxy) is 2. The summed E-state index contributed by atoms with van der Waals surface area (Å²) in [7, 11) is 3.25. The predicted octanol–water partition coefficient (Wildman–Crippen LogP) is 5.62. The molecular formula is C19H15Cl2NO3. The lowest BCUT2D eigenvalue weighted by atomic mass is 10.0. The number of phenolic OH excluding ortho intramolecular Hbond substituents is 1. The van der Waals surface area contributed by atoms with Crippen molar-refractivity contribution in [2.24, 2.45) is 4.99 Å². The van der Waals surface area contributed by atoms with E-state index >= 15 is 0 Å². The third kappa shape index (κ3) is 3.50. The van der Waals surface area contributed by atoms with Crippen LogP contribution in [0.5, 0.6) is 17.2 Å². The summed E-state index contributed by atoms with van der Waals surface area (Å²) in [6.07, 6.45) is 1.70. The molecule has 4 nitrogen and oxygen atoms in total.